The van der Waals surface area contributed by atoms with Gasteiger partial charge in [0, 0.05) is 6.42 Å². The molecule has 0 aliphatic carbocycles. The Morgan fingerprint density at radius 2 is 1.39 bits per heavy atom. The lowest BCUT2D eigenvalue weighted by Gasteiger charge is -2.46. The van der Waals surface area contributed by atoms with Crippen LogP contribution in [0.1, 0.15) is 45.6 Å². The van der Waals surface area contributed by atoms with Crippen molar-refractivity contribution in [2.24, 2.45) is 0 Å². The zero-order chi connectivity index (χ0) is 26.0. The number of hydrogen-bond acceptors (Lipinski definition) is 3. The lowest BCUT2D eigenvalue weighted by molar-refractivity contribution is -0.138. The molecule has 3 rings (SSSR count). The first-order chi connectivity index (χ1) is 17.3. The molecule has 0 aromatic heterocycles. The van der Waals surface area contributed by atoms with E-state index in [1.54, 1.807) is 0 Å². The van der Waals surface area contributed by atoms with E-state index >= 15 is 0 Å². The summed E-state index contributed by atoms with van der Waals surface area (Å²) in [6, 6.07) is 30.9. The SMILES string of the molecule is C=CC[C@@H](O[Si](c1ccccc1)(c1ccccc1)C(C)(C)C)[C@H](CCC(=O)O)OCc1ccccc1. The van der Waals surface area contributed by atoms with Crippen LogP contribution in [0.15, 0.2) is 104 Å². The molecule has 5 heteroatoms. The molecule has 190 valence electrons. The molecule has 2 atom stereocenters. The number of hydrogen-bond donors (Lipinski definition) is 1. The van der Waals surface area contributed by atoms with Crippen molar-refractivity contribution in [2.75, 3.05) is 0 Å². The molecule has 4 nitrogen and oxygen atoms in total. The Balaban J connectivity index is 2.07. The van der Waals surface area contributed by atoms with Gasteiger partial charge in [-0.2, -0.15) is 0 Å². The first kappa shape index (κ1) is 27.6. The molecule has 0 amide bonds. The van der Waals surface area contributed by atoms with Crippen LogP contribution in [0.2, 0.25) is 5.04 Å². The number of rotatable bonds is 13. The highest BCUT2D eigenvalue weighted by Gasteiger charge is 2.52. The number of benzene rings is 3. The number of carbonyl (C=O) groups is 1. The van der Waals surface area contributed by atoms with Crippen LogP contribution in [0.25, 0.3) is 0 Å². The van der Waals surface area contributed by atoms with E-state index in [-0.39, 0.29) is 17.6 Å². The average Bonchev–Trinajstić information content (AvgIpc) is 2.87. The highest BCUT2D eigenvalue weighted by Crippen LogP contribution is 2.38. The summed E-state index contributed by atoms with van der Waals surface area (Å²) in [5.41, 5.74) is 1.04. The minimum Gasteiger partial charge on any atom is -0.481 e. The van der Waals surface area contributed by atoms with E-state index in [1.165, 1.54) is 10.4 Å². The molecule has 3 aromatic rings. The van der Waals surface area contributed by atoms with Crippen LogP contribution in [-0.4, -0.2) is 31.6 Å². The van der Waals surface area contributed by atoms with Gasteiger partial charge in [0.05, 0.1) is 18.8 Å². The fraction of sp³-hybridized carbons (Fsp3) is 0.323. The van der Waals surface area contributed by atoms with Gasteiger partial charge in [0.2, 0.25) is 0 Å². The Labute approximate surface area is 216 Å². The summed E-state index contributed by atoms with van der Waals surface area (Å²) in [6.45, 7) is 11.1. The van der Waals surface area contributed by atoms with Crippen LogP contribution in [0.4, 0.5) is 0 Å². The van der Waals surface area contributed by atoms with E-state index in [4.69, 9.17) is 9.16 Å². The average molecular weight is 503 g/mol. The summed E-state index contributed by atoms with van der Waals surface area (Å²) < 4.78 is 13.8. The lowest BCUT2D eigenvalue weighted by Crippen LogP contribution is -2.68. The maximum atomic E-state index is 11.5. The molecule has 0 unspecified atom stereocenters. The highest BCUT2D eigenvalue weighted by atomic mass is 28.4. The summed E-state index contributed by atoms with van der Waals surface area (Å²) in [7, 11) is -2.85. The summed E-state index contributed by atoms with van der Waals surface area (Å²) in [6.07, 6.45) is 2.03. The van der Waals surface area contributed by atoms with Gasteiger partial charge in [-0.25, -0.2) is 0 Å². The highest BCUT2D eigenvalue weighted by molar-refractivity contribution is 6.99. The van der Waals surface area contributed by atoms with Crippen molar-refractivity contribution >= 4 is 24.7 Å². The molecular formula is C31H38O4Si. The van der Waals surface area contributed by atoms with Crippen LogP contribution in [-0.2, 0) is 20.6 Å². The third kappa shape index (κ3) is 6.81. The zero-order valence-corrected chi connectivity index (χ0v) is 22.6. The molecule has 0 heterocycles. The second kappa shape index (κ2) is 12.8. The van der Waals surface area contributed by atoms with E-state index in [1.807, 2.05) is 48.5 Å². The maximum Gasteiger partial charge on any atom is 0.303 e. The van der Waals surface area contributed by atoms with Gasteiger partial charge >= 0.3 is 5.97 Å². The van der Waals surface area contributed by atoms with E-state index in [9.17, 15) is 9.90 Å². The Hall–Kier alpha value is -2.99. The maximum absolute atomic E-state index is 11.5. The van der Waals surface area contributed by atoms with Crippen molar-refractivity contribution in [1.82, 2.24) is 0 Å². The molecule has 0 aliphatic rings. The summed E-state index contributed by atoms with van der Waals surface area (Å²) in [5.74, 6) is -0.842. The molecular weight excluding hydrogens is 464 g/mol. The Kier molecular flexibility index (Phi) is 9.82. The second-order valence-corrected chi connectivity index (χ2v) is 14.4. The zero-order valence-electron chi connectivity index (χ0n) is 21.6. The molecule has 1 N–H and O–H groups in total. The van der Waals surface area contributed by atoms with Crippen molar-refractivity contribution in [3.63, 3.8) is 0 Å². The molecule has 36 heavy (non-hydrogen) atoms. The van der Waals surface area contributed by atoms with Gasteiger partial charge in [-0.05, 0) is 33.8 Å². The van der Waals surface area contributed by atoms with E-state index in [0.29, 0.717) is 19.4 Å². The Bertz CT molecular complexity index is 1040. The number of carboxylic acid groups (broad SMARTS) is 1. The first-order valence-corrected chi connectivity index (χ1v) is 14.5. The van der Waals surface area contributed by atoms with Crippen molar-refractivity contribution in [1.29, 1.82) is 0 Å². The van der Waals surface area contributed by atoms with Crippen molar-refractivity contribution in [3.05, 3.63) is 109 Å². The topological polar surface area (TPSA) is 55.8 Å². The standard InChI is InChI=1S/C31H38O4Si/c1-5-15-29(28(22-23-30(32)33)34-24-25-16-9-6-10-17-25)35-36(31(2,3)4,26-18-11-7-12-19-26)27-20-13-8-14-21-27/h5-14,16-21,28-29H,1,15,22-24H2,2-4H3,(H,32,33)/t28-,29+/m0/s1. The van der Waals surface area contributed by atoms with Crippen LogP contribution in [0, 0.1) is 0 Å². The summed E-state index contributed by atoms with van der Waals surface area (Å²) in [4.78, 5) is 11.5. The molecule has 0 fully saturated rings. The fourth-order valence-electron chi connectivity index (χ4n) is 4.78. The molecule has 0 bridgehead atoms. The van der Waals surface area contributed by atoms with Gasteiger partial charge in [0.1, 0.15) is 0 Å². The third-order valence-corrected chi connectivity index (χ3v) is 11.6. The van der Waals surface area contributed by atoms with Gasteiger partial charge in [-0.1, -0.05) is 118 Å². The van der Waals surface area contributed by atoms with Gasteiger partial charge in [0.25, 0.3) is 8.32 Å². The normalized spacial score (nSPS) is 13.6. The molecule has 0 spiro atoms. The largest absolute Gasteiger partial charge is 0.481 e. The van der Waals surface area contributed by atoms with Crippen molar-refractivity contribution in [2.45, 2.75) is 63.9 Å². The van der Waals surface area contributed by atoms with E-state index in [2.05, 4.69) is 75.9 Å². The van der Waals surface area contributed by atoms with Gasteiger partial charge < -0.3 is 14.3 Å². The first-order valence-electron chi connectivity index (χ1n) is 12.5. The number of ether oxygens (including phenoxy) is 1. The molecule has 3 aromatic carbocycles. The second-order valence-electron chi connectivity index (χ2n) is 10.1. The van der Waals surface area contributed by atoms with Gasteiger partial charge in [-0.15, -0.1) is 6.58 Å². The monoisotopic (exact) mass is 502 g/mol. The Morgan fingerprint density at radius 1 is 0.889 bits per heavy atom. The number of carboxylic acids is 1. The molecule has 0 saturated heterocycles. The predicted octanol–water partition coefficient (Wildman–Crippen LogP) is 5.96. The van der Waals surface area contributed by atoms with E-state index in [0.717, 1.165) is 5.56 Å². The molecule has 0 radical (unpaired) electrons. The Morgan fingerprint density at radius 3 is 1.83 bits per heavy atom. The smallest absolute Gasteiger partial charge is 0.303 e. The van der Waals surface area contributed by atoms with E-state index < -0.39 is 20.4 Å². The van der Waals surface area contributed by atoms with Crippen LogP contribution < -0.4 is 10.4 Å². The molecule has 0 saturated carbocycles. The molecule has 0 aliphatic heterocycles. The summed E-state index contributed by atoms with van der Waals surface area (Å²) >= 11 is 0. The minimum atomic E-state index is -2.85. The van der Waals surface area contributed by atoms with Crippen LogP contribution >= 0.6 is 0 Å². The number of aliphatic carboxylic acids is 1. The third-order valence-electron chi connectivity index (χ3n) is 6.51. The quantitative estimate of drug-likeness (QED) is 0.232. The van der Waals surface area contributed by atoms with Gasteiger partial charge in [-0.3, -0.25) is 4.79 Å². The summed E-state index contributed by atoms with van der Waals surface area (Å²) in [5, 5.41) is 11.6. The van der Waals surface area contributed by atoms with Gasteiger partial charge in [0.15, 0.2) is 0 Å². The predicted molar refractivity (Wildman–Crippen MR) is 149 cm³/mol. The fourth-order valence-corrected chi connectivity index (χ4v) is 9.50. The van der Waals surface area contributed by atoms with Crippen LogP contribution in [0.5, 0.6) is 0 Å². The lowest BCUT2D eigenvalue weighted by atomic mass is 10.1. The van der Waals surface area contributed by atoms with Crippen molar-refractivity contribution in [3.8, 4) is 0 Å². The van der Waals surface area contributed by atoms with Crippen molar-refractivity contribution < 1.29 is 19.1 Å². The van der Waals surface area contributed by atoms with Crippen LogP contribution in [0.3, 0.4) is 0 Å². The minimum absolute atomic E-state index is 0.0111.